The van der Waals surface area contributed by atoms with Crippen molar-refractivity contribution in [3.63, 3.8) is 0 Å². The van der Waals surface area contributed by atoms with Gasteiger partial charge in [-0.05, 0) is 35.9 Å². The van der Waals surface area contributed by atoms with E-state index in [4.69, 9.17) is 0 Å². The van der Waals surface area contributed by atoms with Crippen LogP contribution in [0.2, 0.25) is 0 Å². The molecule has 1 N–H and O–H groups in total. The van der Waals surface area contributed by atoms with E-state index in [9.17, 15) is 0 Å². The average Bonchev–Trinajstić information content (AvgIpc) is 3.29. The highest BCUT2D eigenvalue weighted by Gasteiger charge is 2.15. The molecule has 156 valence electrons. The van der Waals surface area contributed by atoms with Gasteiger partial charge in [-0.1, -0.05) is 59.9 Å². The molecule has 1 aliphatic heterocycles. The maximum Gasteiger partial charge on any atom is 0.188 e. The van der Waals surface area contributed by atoms with Crippen molar-refractivity contribution in [3.8, 4) is 21.6 Å². The first-order valence-electron chi connectivity index (χ1n) is 10.5. The number of thiazole rings is 1. The number of nitrogens with one attached hydrogen (secondary N) is 1. The summed E-state index contributed by atoms with van der Waals surface area (Å²) >= 11 is 1.64. The fourth-order valence-electron chi connectivity index (χ4n) is 3.81. The van der Waals surface area contributed by atoms with Crippen LogP contribution < -0.4 is 10.2 Å². The second-order valence-corrected chi connectivity index (χ2v) is 8.82. The predicted molar refractivity (Wildman–Crippen MR) is 130 cm³/mol. The Morgan fingerprint density at radius 1 is 0.806 bits per heavy atom. The van der Waals surface area contributed by atoms with Crippen molar-refractivity contribution in [3.05, 3.63) is 79.1 Å². The molecule has 2 aromatic carbocycles. The summed E-state index contributed by atoms with van der Waals surface area (Å²) in [6.45, 7) is 4.25. The van der Waals surface area contributed by atoms with E-state index in [1.165, 1.54) is 22.4 Å². The van der Waals surface area contributed by atoms with E-state index < -0.39 is 0 Å². The number of benzene rings is 2. The van der Waals surface area contributed by atoms with E-state index in [2.05, 4.69) is 92.8 Å². The summed E-state index contributed by atoms with van der Waals surface area (Å²) in [5.74, 6) is 0.829. The fraction of sp³-hybridized carbons (Fsp3) is 0.200. The summed E-state index contributed by atoms with van der Waals surface area (Å²) in [5, 5.41) is 4.24. The topological polar surface area (TPSA) is 44.3 Å². The molecule has 0 spiro atoms. The lowest BCUT2D eigenvalue weighted by Gasteiger charge is -2.34. The van der Waals surface area contributed by atoms with Crippen molar-refractivity contribution in [2.24, 2.45) is 0 Å². The van der Waals surface area contributed by atoms with E-state index in [0.29, 0.717) is 0 Å². The van der Waals surface area contributed by atoms with Crippen molar-refractivity contribution >= 4 is 28.0 Å². The molecule has 0 bridgehead atoms. The third kappa shape index (κ3) is 4.60. The smallest absolute Gasteiger partial charge is 0.188 e. The molecule has 0 saturated carbocycles. The molecule has 0 aliphatic carbocycles. The minimum atomic E-state index is 0.829. The van der Waals surface area contributed by atoms with Crippen molar-refractivity contribution in [2.75, 3.05) is 43.4 Å². The fourth-order valence-corrected chi connectivity index (χ4v) is 4.63. The molecule has 4 aromatic rings. The van der Waals surface area contributed by atoms with Crippen molar-refractivity contribution in [1.82, 2.24) is 14.9 Å². The van der Waals surface area contributed by atoms with Gasteiger partial charge in [0.25, 0.3) is 0 Å². The zero-order chi connectivity index (χ0) is 21.0. The second-order valence-electron chi connectivity index (χ2n) is 7.79. The standard InChI is InChI=1S/C25H25N5S/c1-29-12-14-30(15-13-29)22-10-11-26-24(17-22)28-25-27-18-23(31-25)21-9-5-8-20(16-21)19-6-3-2-4-7-19/h2-11,16-18H,12-15H2,1H3,(H,26,27,28). The Morgan fingerprint density at radius 2 is 1.58 bits per heavy atom. The van der Waals surface area contributed by atoms with Crippen LogP contribution in [-0.4, -0.2) is 48.1 Å². The SMILES string of the molecule is CN1CCN(c2ccnc(Nc3ncc(-c4cccc(-c5ccccc5)c4)s3)c2)CC1. The van der Waals surface area contributed by atoms with Crippen LogP contribution in [-0.2, 0) is 0 Å². The van der Waals surface area contributed by atoms with Crippen LogP contribution in [0.1, 0.15) is 0 Å². The zero-order valence-corrected chi connectivity index (χ0v) is 18.3. The molecule has 1 aliphatic rings. The van der Waals surface area contributed by atoms with Gasteiger partial charge in [0.05, 0.1) is 4.88 Å². The quantitative estimate of drug-likeness (QED) is 0.464. The number of rotatable bonds is 5. The van der Waals surface area contributed by atoms with Crippen molar-refractivity contribution < 1.29 is 0 Å². The normalized spacial score (nSPS) is 14.5. The maximum absolute atomic E-state index is 4.59. The molecule has 0 unspecified atom stereocenters. The number of pyridine rings is 1. The highest BCUT2D eigenvalue weighted by molar-refractivity contribution is 7.18. The molecule has 6 heteroatoms. The van der Waals surface area contributed by atoms with Gasteiger partial charge >= 0.3 is 0 Å². The van der Waals surface area contributed by atoms with Crippen molar-refractivity contribution in [2.45, 2.75) is 0 Å². The molecule has 0 atom stereocenters. The van der Waals surface area contributed by atoms with Gasteiger partial charge < -0.3 is 15.1 Å². The van der Waals surface area contributed by atoms with Crippen LogP contribution in [0.25, 0.3) is 21.6 Å². The van der Waals surface area contributed by atoms with Gasteiger partial charge in [0.1, 0.15) is 5.82 Å². The first-order chi connectivity index (χ1) is 15.2. The zero-order valence-electron chi connectivity index (χ0n) is 17.5. The number of hydrogen-bond acceptors (Lipinski definition) is 6. The van der Waals surface area contributed by atoms with Crippen LogP contribution in [0.15, 0.2) is 79.1 Å². The van der Waals surface area contributed by atoms with Crippen LogP contribution in [0, 0.1) is 0 Å². The average molecular weight is 428 g/mol. The van der Waals surface area contributed by atoms with E-state index in [1.54, 1.807) is 11.3 Å². The van der Waals surface area contributed by atoms with Gasteiger partial charge in [-0.3, -0.25) is 0 Å². The molecule has 5 rings (SSSR count). The third-order valence-corrected chi connectivity index (χ3v) is 6.57. The Balaban J connectivity index is 1.32. The Bertz CT molecular complexity index is 1150. The largest absolute Gasteiger partial charge is 0.369 e. The monoisotopic (exact) mass is 427 g/mol. The maximum atomic E-state index is 4.59. The lowest BCUT2D eigenvalue weighted by atomic mass is 10.0. The lowest BCUT2D eigenvalue weighted by molar-refractivity contribution is 0.313. The number of nitrogens with zero attached hydrogens (tertiary/aromatic N) is 4. The summed E-state index contributed by atoms with van der Waals surface area (Å²) in [6.07, 6.45) is 3.80. The lowest BCUT2D eigenvalue weighted by Crippen LogP contribution is -2.44. The molecule has 1 saturated heterocycles. The van der Waals surface area contributed by atoms with Gasteiger partial charge in [-0.25, -0.2) is 9.97 Å². The van der Waals surface area contributed by atoms with E-state index >= 15 is 0 Å². The highest BCUT2D eigenvalue weighted by Crippen LogP contribution is 2.33. The Labute approximate surface area is 187 Å². The summed E-state index contributed by atoms with van der Waals surface area (Å²) in [5.41, 5.74) is 4.81. The van der Waals surface area contributed by atoms with Crippen LogP contribution in [0.5, 0.6) is 0 Å². The summed E-state index contributed by atoms with van der Waals surface area (Å²) in [4.78, 5) is 15.0. The number of likely N-dealkylation sites (N-methyl/N-ethyl adjacent to an activating group) is 1. The van der Waals surface area contributed by atoms with Gasteiger partial charge in [-0.2, -0.15) is 0 Å². The van der Waals surface area contributed by atoms with Gasteiger partial charge in [0.15, 0.2) is 5.13 Å². The number of anilines is 3. The third-order valence-electron chi connectivity index (χ3n) is 5.61. The summed E-state index contributed by atoms with van der Waals surface area (Å²) in [6, 6.07) is 23.3. The molecule has 0 radical (unpaired) electrons. The Hall–Kier alpha value is -3.22. The molecule has 5 nitrogen and oxygen atoms in total. The minimum Gasteiger partial charge on any atom is -0.369 e. The summed E-state index contributed by atoms with van der Waals surface area (Å²) < 4.78 is 0. The van der Waals surface area contributed by atoms with Crippen LogP contribution >= 0.6 is 11.3 Å². The highest BCUT2D eigenvalue weighted by atomic mass is 32.1. The van der Waals surface area contributed by atoms with Crippen LogP contribution in [0.3, 0.4) is 0 Å². The van der Waals surface area contributed by atoms with E-state index in [-0.39, 0.29) is 0 Å². The van der Waals surface area contributed by atoms with Crippen LogP contribution in [0.4, 0.5) is 16.6 Å². The van der Waals surface area contributed by atoms with Gasteiger partial charge in [0, 0.05) is 50.3 Å². The molecule has 2 aromatic heterocycles. The molecular weight excluding hydrogens is 402 g/mol. The predicted octanol–water partition coefficient (Wildman–Crippen LogP) is 5.37. The molecule has 31 heavy (non-hydrogen) atoms. The number of hydrogen-bond donors (Lipinski definition) is 1. The first-order valence-corrected chi connectivity index (χ1v) is 11.3. The second kappa shape index (κ2) is 8.88. The molecule has 0 amide bonds. The van der Waals surface area contributed by atoms with Gasteiger partial charge in [-0.15, -0.1) is 0 Å². The van der Waals surface area contributed by atoms with Crippen molar-refractivity contribution in [1.29, 1.82) is 0 Å². The Kier molecular flexibility index (Phi) is 5.65. The first kappa shape index (κ1) is 19.7. The van der Waals surface area contributed by atoms with Gasteiger partial charge in [0.2, 0.25) is 0 Å². The molecule has 1 fully saturated rings. The molecular formula is C25H25N5S. The number of aromatic nitrogens is 2. The molecule has 3 heterocycles. The Morgan fingerprint density at radius 3 is 2.42 bits per heavy atom. The minimum absolute atomic E-state index is 0.829. The van der Waals surface area contributed by atoms with E-state index in [1.807, 2.05) is 18.5 Å². The van der Waals surface area contributed by atoms with E-state index in [0.717, 1.165) is 42.0 Å². The summed E-state index contributed by atoms with van der Waals surface area (Å²) in [7, 11) is 2.17. The number of piperazine rings is 1.